The molecule has 168 valence electrons. The van der Waals surface area contributed by atoms with Crippen molar-refractivity contribution >= 4 is 23.3 Å². The average molecular weight is 443 g/mol. The molecule has 8 heteroatoms. The number of rotatable bonds is 6. The van der Waals surface area contributed by atoms with E-state index in [1.165, 1.54) is 0 Å². The molecule has 4 heterocycles. The standard InChI is InChI=1S/C25H26N6O2/c32-23-11-6-13-30(23)17-24(33)31-14-5-10-21(31)25-28-20(18-7-4-12-26-16-18)15-22(29-25)27-19-8-2-1-3-9-19/h1-4,7-9,12,15-16,21H,5-6,10-11,13-14,17H2,(H,27,28,29)/t21-/m0/s1. The minimum Gasteiger partial charge on any atom is -0.340 e. The van der Waals surface area contributed by atoms with Gasteiger partial charge in [-0.05, 0) is 43.5 Å². The van der Waals surface area contributed by atoms with Gasteiger partial charge in [0.2, 0.25) is 11.8 Å². The fourth-order valence-electron chi connectivity index (χ4n) is 4.47. The Morgan fingerprint density at radius 1 is 1.06 bits per heavy atom. The summed E-state index contributed by atoms with van der Waals surface area (Å²) in [6.07, 6.45) is 6.52. The minimum atomic E-state index is -0.219. The number of nitrogens with zero attached hydrogens (tertiary/aromatic N) is 5. The van der Waals surface area contributed by atoms with E-state index >= 15 is 0 Å². The molecule has 0 bridgehead atoms. The van der Waals surface area contributed by atoms with Crippen molar-refractivity contribution in [2.75, 3.05) is 25.0 Å². The molecule has 2 aliphatic heterocycles. The fourth-order valence-corrected chi connectivity index (χ4v) is 4.47. The second-order valence-corrected chi connectivity index (χ2v) is 8.39. The maximum absolute atomic E-state index is 13.1. The summed E-state index contributed by atoms with van der Waals surface area (Å²) in [6, 6.07) is 15.4. The Balaban J connectivity index is 1.45. The van der Waals surface area contributed by atoms with Gasteiger partial charge >= 0.3 is 0 Å². The zero-order chi connectivity index (χ0) is 22.6. The third-order valence-corrected chi connectivity index (χ3v) is 6.12. The topological polar surface area (TPSA) is 91.3 Å². The van der Waals surface area contributed by atoms with Gasteiger partial charge < -0.3 is 15.1 Å². The molecular formula is C25H26N6O2. The second kappa shape index (κ2) is 9.36. The molecule has 2 amide bonds. The van der Waals surface area contributed by atoms with E-state index in [2.05, 4.69) is 10.3 Å². The molecule has 3 aromatic rings. The summed E-state index contributed by atoms with van der Waals surface area (Å²) < 4.78 is 0. The number of carbonyl (C=O) groups is 2. The first-order valence-electron chi connectivity index (χ1n) is 11.4. The van der Waals surface area contributed by atoms with Crippen molar-refractivity contribution in [1.29, 1.82) is 0 Å². The van der Waals surface area contributed by atoms with Crippen LogP contribution in [0.3, 0.4) is 0 Å². The first kappa shape index (κ1) is 21.1. The molecule has 0 radical (unpaired) electrons. The molecule has 2 saturated heterocycles. The Hall–Kier alpha value is -3.81. The number of anilines is 2. The van der Waals surface area contributed by atoms with Crippen LogP contribution in [0.2, 0.25) is 0 Å². The zero-order valence-corrected chi connectivity index (χ0v) is 18.4. The highest BCUT2D eigenvalue weighted by molar-refractivity contribution is 5.86. The number of para-hydroxylation sites is 1. The van der Waals surface area contributed by atoms with E-state index in [4.69, 9.17) is 9.97 Å². The average Bonchev–Trinajstić information content (AvgIpc) is 3.50. The van der Waals surface area contributed by atoms with Crippen LogP contribution in [-0.4, -0.2) is 56.2 Å². The van der Waals surface area contributed by atoms with Gasteiger partial charge in [-0.1, -0.05) is 18.2 Å². The van der Waals surface area contributed by atoms with Crippen molar-refractivity contribution in [3.63, 3.8) is 0 Å². The van der Waals surface area contributed by atoms with E-state index in [0.29, 0.717) is 31.2 Å². The molecule has 2 aliphatic rings. The van der Waals surface area contributed by atoms with Crippen LogP contribution in [0.15, 0.2) is 60.9 Å². The maximum atomic E-state index is 13.1. The van der Waals surface area contributed by atoms with Gasteiger partial charge in [-0.2, -0.15) is 0 Å². The van der Waals surface area contributed by atoms with Gasteiger partial charge in [0, 0.05) is 49.2 Å². The number of benzene rings is 1. The molecule has 1 atom stereocenters. The van der Waals surface area contributed by atoms with Gasteiger partial charge in [-0.25, -0.2) is 9.97 Å². The van der Waals surface area contributed by atoms with Crippen LogP contribution in [0.5, 0.6) is 0 Å². The van der Waals surface area contributed by atoms with E-state index < -0.39 is 0 Å². The summed E-state index contributed by atoms with van der Waals surface area (Å²) in [5.74, 6) is 1.29. The molecule has 0 spiro atoms. The summed E-state index contributed by atoms with van der Waals surface area (Å²) in [5.41, 5.74) is 2.56. The number of aromatic nitrogens is 3. The lowest BCUT2D eigenvalue weighted by molar-refractivity contribution is -0.139. The van der Waals surface area contributed by atoms with Crippen molar-refractivity contribution in [2.45, 2.75) is 31.7 Å². The van der Waals surface area contributed by atoms with E-state index in [0.717, 1.165) is 36.2 Å². The van der Waals surface area contributed by atoms with Gasteiger partial charge in [0.05, 0.1) is 18.3 Å². The summed E-state index contributed by atoms with van der Waals surface area (Å²) in [4.78, 5) is 42.5. The molecule has 33 heavy (non-hydrogen) atoms. The SMILES string of the molecule is O=C1CCCN1CC(=O)N1CCC[C@H]1c1nc(Nc2ccccc2)cc(-c2cccnc2)n1. The quantitative estimate of drug-likeness (QED) is 0.628. The Morgan fingerprint density at radius 3 is 2.70 bits per heavy atom. The number of amides is 2. The number of carbonyl (C=O) groups excluding carboxylic acids is 2. The van der Waals surface area contributed by atoms with Gasteiger partial charge in [0.1, 0.15) is 5.82 Å². The Kier molecular flexibility index (Phi) is 5.97. The maximum Gasteiger partial charge on any atom is 0.242 e. The molecule has 0 aliphatic carbocycles. The number of hydrogen-bond acceptors (Lipinski definition) is 6. The lowest BCUT2D eigenvalue weighted by Crippen LogP contribution is -2.40. The normalized spacial score (nSPS) is 18.1. The summed E-state index contributed by atoms with van der Waals surface area (Å²) in [5, 5.41) is 3.36. The highest BCUT2D eigenvalue weighted by Crippen LogP contribution is 2.33. The molecule has 1 N–H and O–H groups in total. The summed E-state index contributed by atoms with van der Waals surface area (Å²) in [6.45, 7) is 1.43. The van der Waals surface area contributed by atoms with Crippen molar-refractivity contribution in [2.24, 2.45) is 0 Å². The van der Waals surface area contributed by atoms with Crippen molar-refractivity contribution in [3.05, 3.63) is 66.7 Å². The van der Waals surface area contributed by atoms with Crippen molar-refractivity contribution in [1.82, 2.24) is 24.8 Å². The van der Waals surface area contributed by atoms with Crippen LogP contribution in [0, 0.1) is 0 Å². The van der Waals surface area contributed by atoms with E-state index in [9.17, 15) is 9.59 Å². The molecule has 8 nitrogen and oxygen atoms in total. The van der Waals surface area contributed by atoms with Crippen LogP contribution >= 0.6 is 0 Å². The molecule has 1 aromatic carbocycles. The zero-order valence-electron chi connectivity index (χ0n) is 18.4. The number of pyridine rings is 1. The molecule has 2 fully saturated rings. The third kappa shape index (κ3) is 4.69. The van der Waals surface area contributed by atoms with E-state index in [1.54, 1.807) is 17.3 Å². The number of hydrogen-bond donors (Lipinski definition) is 1. The Labute approximate surface area is 192 Å². The first-order chi connectivity index (χ1) is 16.2. The monoisotopic (exact) mass is 442 g/mol. The summed E-state index contributed by atoms with van der Waals surface area (Å²) >= 11 is 0. The second-order valence-electron chi connectivity index (χ2n) is 8.39. The Morgan fingerprint density at radius 2 is 1.94 bits per heavy atom. The van der Waals surface area contributed by atoms with Crippen LogP contribution < -0.4 is 5.32 Å². The van der Waals surface area contributed by atoms with Gasteiger partial charge in [0.25, 0.3) is 0 Å². The highest BCUT2D eigenvalue weighted by Gasteiger charge is 2.34. The minimum absolute atomic E-state index is 0.0410. The first-order valence-corrected chi connectivity index (χ1v) is 11.4. The van der Waals surface area contributed by atoms with Gasteiger partial charge in [-0.3, -0.25) is 14.6 Å². The molecule has 0 saturated carbocycles. The van der Waals surface area contributed by atoms with Crippen LogP contribution in [0.1, 0.15) is 37.5 Å². The van der Waals surface area contributed by atoms with E-state index in [-0.39, 0.29) is 24.4 Å². The fraction of sp³-hybridized carbons (Fsp3) is 0.320. The van der Waals surface area contributed by atoms with Crippen molar-refractivity contribution in [3.8, 4) is 11.3 Å². The largest absolute Gasteiger partial charge is 0.340 e. The predicted molar refractivity (Wildman–Crippen MR) is 124 cm³/mol. The molecule has 2 aromatic heterocycles. The van der Waals surface area contributed by atoms with Crippen LogP contribution in [-0.2, 0) is 9.59 Å². The predicted octanol–water partition coefficient (Wildman–Crippen LogP) is 3.57. The molecular weight excluding hydrogens is 416 g/mol. The summed E-state index contributed by atoms with van der Waals surface area (Å²) in [7, 11) is 0. The highest BCUT2D eigenvalue weighted by atomic mass is 16.2. The van der Waals surface area contributed by atoms with Gasteiger partial charge in [-0.15, -0.1) is 0 Å². The smallest absolute Gasteiger partial charge is 0.242 e. The number of likely N-dealkylation sites (tertiary alicyclic amines) is 2. The third-order valence-electron chi connectivity index (χ3n) is 6.12. The Bertz CT molecular complexity index is 1140. The lowest BCUT2D eigenvalue weighted by Gasteiger charge is -2.26. The van der Waals surface area contributed by atoms with Crippen molar-refractivity contribution < 1.29 is 9.59 Å². The molecule has 5 rings (SSSR count). The lowest BCUT2D eigenvalue weighted by atomic mass is 10.1. The van der Waals surface area contributed by atoms with Crippen LogP contribution in [0.4, 0.5) is 11.5 Å². The van der Waals surface area contributed by atoms with E-state index in [1.807, 2.05) is 53.4 Å². The van der Waals surface area contributed by atoms with Gasteiger partial charge in [0.15, 0.2) is 5.82 Å². The number of nitrogens with one attached hydrogen (secondary N) is 1. The molecule has 0 unspecified atom stereocenters. The van der Waals surface area contributed by atoms with Crippen LogP contribution in [0.25, 0.3) is 11.3 Å².